The van der Waals surface area contributed by atoms with E-state index in [4.69, 9.17) is 0 Å². The number of nitrogens with one attached hydrogen (secondary N) is 1. The first-order chi connectivity index (χ1) is 10.1. The third-order valence-corrected chi connectivity index (χ3v) is 4.81. The molecule has 2 aromatic heterocycles. The van der Waals surface area contributed by atoms with Crippen molar-refractivity contribution in [3.63, 3.8) is 0 Å². The Bertz CT molecular complexity index is 1030. The summed E-state index contributed by atoms with van der Waals surface area (Å²) < 4.78 is 2.29. The second-order valence-electron chi connectivity index (χ2n) is 6.02. The molecule has 0 amide bonds. The zero-order valence-corrected chi connectivity index (χ0v) is 15.4. The second-order valence-corrected chi connectivity index (χ2v) is 6.02. The summed E-state index contributed by atoms with van der Waals surface area (Å²) in [4.78, 5) is 3.64. The minimum absolute atomic E-state index is 0. The van der Waals surface area contributed by atoms with Crippen molar-refractivity contribution < 1.29 is 28.5 Å². The molecule has 112 valence electrons. The highest BCUT2D eigenvalue weighted by molar-refractivity contribution is 6.16. The Hall–Kier alpha value is -1.62. The summed E-state index contributed by atoms with van der Waals surface area (Å²) in [5, 5.41) is 3.95. The highest BCUT2D eigenvalue weighted by Gasteiger charge is 2.19. The lowest BCUT2D eigenvalue weighted by atomic mass is 10.0. The van der Waals surface area contributed by atoms with Gasteiger partial charge in [0.05, 0.1) is 16.3 Å². The van der Waals surface area contributed by atoms with E-state index >= 15 is 0 Å². The molecule has 0 radical (unpaired) electrons. The van der Waals surface area contributed by atoms with Crippen LogP contribution in [-0.2, 0) is 7.05 Å². The summed E-state index contributed by atoms with van der Waals surface area (Å²) in [6.07, 6.45) is 0. The van der Waals surface area contributed by atoms with Crippen molar-refractivity contribution >= 4 is 32.7 Å². The van der Waals surface area contributed by atoms with E-state index in [1.807, 2.05) is 0 Å². The van der Waals surface area contributed by atoms with Gasteiger partial charge in [-0.2, -0.15) is 4.57 Å². The number of para-hydroxylation sites is 1. The quantitative estimate of drug-likeness (QED) is 0.337. The van der Waals surface area contributed by atoms with E-state index in [2.05, 4.69) is 73.8 Å². The van der Waals surface area contributed by atoms with Crippen LogP contribution in [0.15, 0.2) is 36.4 Å². The maximum atomic E-state index is 3.64. The number of pyridine rings is 1. The van der Waals surface area contributed by atoms with Gasteiger partial charge in [0.1, 0.15) is 7.05 Å². The predicted molar refractivity (Wildman–Crippen MR) is 88.7 cm³/mol. The summed E-state index contributed by atoms with van der Waals surface area (Å²) in [6.45, 7) is 6.56. The van der Waals surface area contributed by atoms with E-state index in [9.17, 15) is 0 Å². The molecule has 0 bridgehead atoms. The first kappa shape index (κ1) is 15.3. The van der Waals surface area contributed by atoms with Gasteiger partial charge in [-0.05, 0) is 43.2 Å². The van der Waals surface area contributed by atoms with Gasteiger partial charge in [0.25, 0.3) is 0 Å². The number of aromatic amines is 1. The lowest BCUT2D eigenvalue weighted by Crippen LogP contribution is -3.00. The standard InChI is InChI=1S/C19H18N2.HI/c1-11-9-15-16(10-12(11)2)20-19-14-7-5-6-8-17(14)21(4)13(3)18(15)19;/h5-10H,1-4H3;1H. The van der Waals surface area contributed by atoms with Crippen LogP contribution < -0.4 is 28.5 Å². The number of hydrogen-bond donors (Lipinski definition) is 1. The highest BCUT2D eigenvalue weighted by Crippen LogP contribution is 2.32. The van der Waals surface area contributed by atoms with Gasteiger partial charge in [-0.15, -0.1) is 0 Å². The third kappa shape index (κ3) is 1.95. The molecule has 0 fully saturated rings. The number of rotatable bonds is 0. The predicted octanol–water partition coefficient (Wildman–Crippen LogP) is 1.23. The summed E-state index contributed by atoms with van der Waals surface area (Å²) in [7, 11) is 2.15. The number of aromatic nitrogens is 2. The summed E-state index contributed by atoms with van der Waals surface area (Å²) >= 11 is 0. The van der Waals surface area contributed by atoms with E-state index in [1.165, 1.54) is 49.5 Å². The number of nitrogens with zero attached hydrogens (tertiary/aromatic N) is 1. The molecular weight excluding hydrogens is 383 g/mol. The zero-order valence-electron chi connectivity index (χ0n) is 13.3. The van der Waals surface area contributed by atoms with Crippen LogP contribution in [0, 0.1) is 20.8 Å². The van der Waals surface area contributed by atoms with Crippen molar-refractivity contribution in [2.24, 2.45) is 7.05 Å². The molecule has 0 spiro atoms. The number of hydrogen-bond acceptors (Lipinski definition) is 0. The van der Waals surface area contributed by atoms with Crippen LogP contribution in [0.25, 0.3) is 32.7 Å². The molecule has 2 aromatic carbocycles. The normalized spacial score (nSPS) is 11.3. The first-order valence-electron chi connectivity index (χ1n) is 7.38. The van der Waals surface area contributed by atoms with E-state index < -0.39 is 0 Å². The van der Waals surface area contributed by atoms with Crippen LogP contribution in [0.2, 0.25) is 0 Å². The van der Waals surface area contributed by atoms with Gasteiger partial charge in [-0.25, -0.2) is 0 Å². The van der Waals surface area contributed by atoms with Crippen LogP contribution in [0.5, 0.6) is 0 Å². The molecule has 0 atom stereocenters. The number of aryl methyl sites for hydroxylation is 4. The number of benzene rings is 2. The van der Waals surface area contributed by atoms with Crippen LogP contribution in [-0.4, -0.2) is 4.98 Å². The van der Waals surface area contributed by atoms with E-state index in [0.29, 0.717) is 0 Å². The van der Waals surface area contributed by atoms with Crippen LogP contribution >= 0.6 is 0 Å². The summed E-state index contributed by atoms with van der Waals surface area (Å²) in [5.74, 6) is 0. The lowest BCUT2D eigenvalue weighted by Gasteiger charge is -2.03. The van der Waals surface area contributed by atoms with Gasteiger partial charge >= 0.3 is 0 Å². The van der Waals surface area contributed by atoms with Crippen molar-refractivity contribution in [1.82, 2.24) is 4.98 Å². The molecular formula is C19H19IN2. The molecule has 0 aliphatic carbocycles. The largest absolute Gasteiger partial charge is 1.00 e. The van der Waals surface area contributed by atoms with Crippen LogP contribution in [0.4, 0.5) is 0 Å². The minimum atomic E-state index is 0. The van der Waals surface area contributed by atoms with Gasteiger partial charge in [0, 0.05) is 23.9 Å². The molecule has 3 heteroatoms. The SMILES string of the molecule is Cc1cc2[nH]c3c4ccccc4[n+](C)c(C)c3c2cc1C.[I-]. The van der Waals surface area contributed by atoms with Gasteiger partial charge in [-0.3, -0.25) is 0 Å². The fourth-order valence-electron chi connectivity index (χ4n) is 3.36. The van der Waals surface area contributed by atoms with Crippen molar-refractivity contribution in [3.8, 4) is 0 Å². The van der Waals surface area contributed by atoms with E-state index in [-0.39, 0.29) is 24.0 Å². The molecule has 4 aromatic rings. The van der Waals surface area contributed by atoms with E-state index in [0.717, 1.165) is 0 Å². The molecule has 0 saturated carbocycles. The number of fused-ring (bicyclic) bond motifs is 5. The van der Waals surface area contributed by atoms with Crippen LogP contribution in [0.1, 0.15) is 16.8 Å². The molecule has 1 N–H and O–H groups in total. The Labute approximate surface area is 147 Å². The maximum Gasteiger partial charge on any atom is 0.214 e. The van der Waals surface area contributed by atoms with Gasteiger partial charge in [0.15, 0.2) is 5.69 Å². The Morgan fingerprint density at radius 3 is 2.36 bits per heavy atom. The maximum absolute atomic E-state index is 3.64. The van der Waals surface area contributed by atoms with E-state index in [1.54, 1.807) is 0 Å². The fraction of sp³-hybridized carbons (Fsp3) is 0.211. The molecule has 22 heavy (non-hydrogen) atoms. The molecule has 2 heterocycles. The Morgan fingerprint density at radius 2 is 1.59 bits per heavy atom. The Balaban J connectivity index is 0.00000144. The summed E-state index contributed by atoms with van der Waals surface area (Å²) in [6, 6.07) is 13.2. The molecule has 2 nitrogen and oxygen atoms in total. The average Bonchev–Trinajstić information content (AvgIpc) is 2.84. The van der Waals surface area contributed by atoms with Gasteiger partial charge < -0.3 is 29.0 Å². The number of H-pyrrole nitrogens is 1. The third-order valence-electron chi connectivity index (χ3n) is 4.81. The van der Waals surface area contributed by atoms with Crippen molar-refractivity contribution in [2.75, 3.05) is 0 Å². The van der Waals surface area contributed by atoms with Crippen molar-refractivity contribution in [2.45, 2.75) is 20.8 Å². The first-order valence-corrected chi connectivity index (χ1v) is 7.38. The fourth-order valence-corrected chi connectivity index (χ4v) is 3.36. The molecule has 4 rings (SSSR count). The lowest BCUT2D eigenvalue weighted by molar-refractivity contribution is -0.649. The Morgan fingerprint density at radius 1 is 0.909 bits per heavy atom. The Kier molecular flexibility index (Phi) is 3.63. The molecule has 0 aliphatic rings. The van der Waals surface area contributed by atoms with Gasteiger partial charge in [0.2, 0.25) is 5.52 Å². The molecule has 0 saturated heterocycles. The number of halogens is 1. The zero-order chi connectivity index (χ0) is 14.7. The molecule has 0 aliphatic heterocycles. The van der Waals surface area contributed by atoms with Crippen LogP contribution in [0.3, 0.4) is 0 Å². The topological polar surface area (TPSA) is 19.7 Å². The minimum Gasteiger partial charge on any atom is -1.00 e. The average molecular weight is 402 g/mol. The smallest absolute Gasteiger partial charge is 0.214 e. The van der Waals surface area contributed by atoms with Crippen molar-refractivity contribution in [1.29, 1.82) is 0 Å². The highest BCUT2D eigenvalue weighted by atomic mass is 127. The summed E-state index contributed by atoms with van der Waals surface area (Å²) in [5.41, 5.74) is 7.73. The second kappa shape index (κ2) is 5.23. The van der Waals surface area contributed by atoms with Crippen molar-refractivity contribution in [3.05, 3.63) is 53.2 Å². The molecule has 0 unspecified atom stereocenters. The monoisotopic (exact) mass is 402 g/mol. The van der Waals surface area contributed by atoms with Gasteiger partial charge in [-0.1, -0.05) is 12.1 Å².